The molecule has 2 aromatic heterocycles. The van der Waals surface area contributed by atoms with Crippen molar-refractivity contribution in [2.24, 2.45) is 0 Å². The molecule has 2 aliphatic carbocycles. The number of nitrogens with one attached hydrogen (secondary N) is 1. The van der Waals surface area contributed by atoms with Crippen LogP contribution in [0.4, 0.5) is 0 Å². The van der Waals surface area contributed by atoms with E-state index in [-0.39, 0.29) is 5.76 Å². The minimum Gasteiger partial charge on any atom is -0.463 e. The number of H-pyrrole nitrogens is 1. The quantitative estimate of drug-likeness (QED) is 0.163. The number of carbonyl (C=O) groups excluding carboxylic acids is 1. The summed E-state index contributed by atoms with van der Waals surface area (Å²) in [6, 6.07) is 3.28. The maximum absolute atomic E-state index is 11.9. The molecule has 0 radical (unpaired) electrons. The van der Waals surface area contributed by atoms with Gasteiger partial charge in [-0.3, -0.25) is 0 Å². The highest BCUT2D eigenvalue weighted by molar-refractivity contribution is 5.86. The van der Waals surface area contributed by atoms with Gasteiger partial charge in [0.15, 0.2) is 5.76 Å². The second-order valence-electron chi connectivity index (χ2n) is 11.4. The van der Waals surface area contributed by atoms with E-state index in [1.165, 1.54) is 120 Å². The van der Waals surface area contributed by atoms with Gasteiger partial charge < -0.3 is 18.9 Å². The van der Waals surface area contributed by atoms with Gasteiger partial charge >= 0.3 is 5.97 Å². The van der Waals surface area contributed by atoms with Gasteiger partial charge in [-0.15, -0.1) is 0 Å². The second kappa shape index (κ2) is 15.2. The van der Waals surface area contributed by atoms with E-state index in [2.05, 4.69) is 37.1 Å². The summed E-state index contributed by atoms with van der Waals surface area (Å²) in [6.07, 6.45) is 27.5. The first-order valence-corrected chi connectivity index (χ1v) is 15.7. The van der Waals surface area contributed by atoms with Crippen LogP contribution in [0.2, 0.25) is 0 Å². The molecule has 2 heterocycles. The van der Waals surface area contributed by atoms with Gasteiger partial charge in [0.2, 0.25) is 5.76 Å². The monoisotopic (exact) mass is 535 g/mol. The fourth-order valence-corrected chi connectivity index (χ4v) is 6.31. The summed E-state index contributed by atoms with van der Waals surface area (Å²) in [5, 5.41) is 2.37. The predicted octanol–water partition coefficient (Wildman–Crippen LogP) is 8.39. The van der Waals surface area contributed by atoms with Crippen molar-refractivity contribution in [1.29, 1.82) is 0 Å². The molecule has 0 amide bonds. The summed E-state index contributed by atoms with van der Waals surface area (Å²) in [7, 11) is 1.35. The number of furan rings is 1. The minimum atomic E-state index is -0.504. The zero-order valence-corrected chi connectivity index (χ0v) is 24.5. The standard InChI is InChI=1S/C34H49NO4/c1-4-6-8-10-12-14-17-25-19-16-20-27-31(25)32-26(18-15-13-11-9-7-5-2)21-22-28(33(32)35-27)38-30-24-23-29(39-30)34(36)37-3/h20-26,35H,4-19H2,1-3H3. The molecule has 0 aliphatic heterocycles. The summed E-state index contributed by atoms with van der Waals surface area (Å²) in [4.78, 5) is 15.6. The van der Waals surface area contributed by atoms with Crippen molar-refractivity contribution in [1.82, 2.24) is 4.98 Å². The van der Waals surface area contributed by atoms with Crippen LogP contribution in [-0.4, -0.2) is 18.1 Å². The topological polar surface area (TPSA) is 64.5 Å². The second-order valence-corrected chi connectivity index (χ2v) is 11.4. The van der Waals surface area contributed by atoms with Gasteiger partial charge in [0.05, 0.1) is 12.5 Å². The number of fused-ring (bicyclic) bond motifs is 3. The number of unbranched alkanes of at least 4 members (excludes halogenated alkanes) is 10. The molecule has 2 aromatic rings. The Morgan fingerprint density at radius 2 is 1.62 bits per heavy atom. The fraction of sp³-hybridized carbons (Fsp3) is 0.618. The molecular weight excluding hydrogens is 486 g/mol. The van der Waals surface area contributed by atoms with Crippen LogP contribution >= 0.6 is 0 Å². The van der Waals surface area contributed by atoms with Crippen molar-refractivity contribution < 1.29 is 18.7 Å². The lowest BCUT2D eigenvalue weighted by Gasteiger charge is -2.25. The molecule has 5 nitrogen and oxygen atoms in total. The number of aromatic nitrogens is 1. The molecule has 0 fully saturated rings. The molecule has 214 valence electrons. The molecule has 4 rings (SSSR count). The molecule has 2 unspecified atom stereocenters. The molecule has 2 aliphatic rings. The Bertz CT molecular complexity index is 1200. The Morgan fingerprint density at radius 3 is 2.33 bits per heavy atom. The van der Waals surface area contributed by atoms with Crippen LogP contribution in [0.1, 0.15) is 150 Å². The highest BCUT2D eigenvalue weighted by Crippen LogP contribution is 2.36. The lowest BCUT2D eigenvalue weighted by Crippen LogP contribution is -2.22. The first-order chi connectivity index (χ1) is 19.2. The number of ether oxygens (including phenoxy) is 2. The largest absolute Gasteiger partial charge is 0.463 e. The average Bonchev–Trinajstić information content (AvgIpc) is 3.59. The Kier molecular flexibility index (Phi) is 11.4. The highest BCUT2D eigenvalue weighted by Gasteiger charge is 2.29. The summed E-state index contributed by atoms with van der Waals surface area (Å²) in [5.74, 6) is 1.71. The molecule has 0 saturated carbocycles. The minimum absolute atomic E-state index is 0.146. The first-order valence-electron chi connectivity index (χ1n) is 15.7. The van der Waals surface area contributed by atoms with E-state index in [9.17, 15) is 4.79 Å². The van der Waals surface area contributed by atoms with E-state index >= 15 is 0 Å². The van der Waals surface area contributed by atoms with Crippen molar-refractivity contribution in [3.63, 3.8) is 0 Å². The third kappa shape index (κ3) is 7.70. The molecule has 0 bridgehead atoms. The molecule has 0 aromatic carbocycles. The van der Waals surface area contributed by atoms with Gasteiger partial charge in [0.25, 0.3) is 5.95 Å². The highest BCUT2D eigenvalue weighted by atomic mass is 16.6. The molecule has 0 saturated heterocycles. The summed E-state index contributed by atoms with van der Waals surface area (Å²) in [6.45, 7) is 4.56. The fourth-order valence-electron chi connectivity index (χ4n) is 6.31. The summed E-state index contributed by atoms with van der Waals surface area (Å²) < 4.78 is 16.7. The molecule has 0 spiro atoms. The van der Waals surface area contributed by atoms with Gasteiger partial charge in [-0.05, 0) is 54.9 Å². The van der Waals surface area contributed by atoms with Gasteiger partial charge in [0.1, 0.15) is 0 Å². The number of methoxy groups -OCH3 is 1. The van der Waals surface area contributed by atoms with Crippen LogP contribution in [0.3, 0.4) is 0 Å². The van der Waals surface area contributed by atoms with Crippen LogP contribution in [0.25, 0.3) is 11.8 Å². The Balaban J connectivity index is 1.57. The van der Waals surface area contributed by atoms with E-state index in [1.807, 2.05) is 0 Å². The number of esters is 1. The number of allylic oxidation sites excluding steroid dienone is 1. The van der Waals surface area contributed by atoms with Crippen LogP contribution in [-0.2, 0) is 4.74 Å². The molecule has 39 heavy (non-hydrogen) atoms. The van der Waals surface area contributed by atoms with Crippen molar-refractivity contribution in [2.75, 3.05) is 7.11 Å². The van der Waals surface area contributed by atoms with E-state index < -0.39 is 5.97 Å². The summed E-state index contributed by atoms with van der Waals surface area (Å²) in [5.41, 5.74) is 2.96. The Morgan fingerprint density at radius 1 is 0.923 bits per heavy atom. The zero-order chi connectivity index (χ0) is 27.5. The maximum atomic E-state index is 11.9. The SMILES string of the molecule is CCCCCCCCC1C=CC(Oc2ccc(C(=O)OC)o2)=c2[nH]c3c(c21)C(CCCCCCCC)CCC=3. The third-order valence-electron chi connectivity index (χ3n) is 8.43. The van der Waals surface area contributed by atoms with Crippen molar-refractivity contribution in [3.05, 3.63) is 51.9 Å². The van der Waals surface area contributed by atoms with Gasteiger partial charge in [0, 0.05) is 17.3 Å². The van der Waals surface area contributed by atoms with Gasteiger partial charge in [-0.1, -0.05) is 103 Å². The zero-order valence-electron chi connectivity index (χ0n) is 24.5. The number of carbonyl (C=O) groups is 1. The molecule has 5 heteroatoms. The van der Waals surface area contributed by atoms with Crippen molar-refractivity contribution in [3.8, 4) is 5.95 Å². The predicted molar refractivity (Wildman–Crippen MR) is 158 cm³/mol. The Hall–Kier alpha value is -2.69. The number of aromatic amines is 1. The maximum Gasteiger partial charge on any atom is 0.374 e. The van der Waals surface area contributed by atoms with Crippen LogP contribution < -0.4 is 15.4 Å². The number of hydrogen-bond donors (Lipinski definition) is 1. The van der Waals surface area contributed by atoms with Crippen LogP contribution in [0.5, 0.6) is 5.95 Å². The van der Waals surface area contributed by atoms with Crippen LogP contribution in [0, 0.1) is 0 Å². The van der Waals surface area contributed by atoms with E-state index in [0.717, 1.165) is 17.5 Å². The van der Waals surface area contributed by atoms with Gasteiger partial charge in [-0.25, -0.2) is 4.79 Å². The average molecular weight is 536 g/mol. The molecular formula is C34H49NO4. The lowest BCUT2D eigenvalue weighted by atomic mass is 9.79. The number of rotatable bonds is 17. The lowest BCUT2D eigenvalue weighted by molar-refractivity contribution is 0.0560. The third-order valence-corrected chi connectivity index (χ3v) is 8.43. The molecule has 1 N–H and O–H groups in total. The van der Waals surface area contributed by atoms with Crippen LogP contribution in [0.15, 0.2) is 28.7 Å². The van der Waals surface area contributed by atoms with E-state index in [0.29, 0.717) is 17.8 Å². The van der Waals surface area contributed by atoms with Gasteiger partial charge in [-0.2, -0.15) is 0 Å². The van der Waals surface area contributed by atoms with Crippen molar-refractivity contribution >= 4 is 17.8 Å². The smallest absolute Gasteiger partial charge is 0.374 e. The van der Waals surface area contributed by atoms with E-state index in [4.69, 9.17) is 13.9 Å². The van der Waals surface area contributed by atoms with Crippen molar-refractivity contribution in [2.45, 2.75) is 128 Å². The summed E-state index contributed by atoms with van der Waals surface area (Å²) >= 11 is 0. The normalized spacial score (nSPS) is 18.0. The molecule has 2 atom stereocenters. The number of hydrogen-bond acceptors (Lipinski definition) is 4. The van der Waals surface area contributed by atoms with E-state index in [1.54, 1.807) is 12.1 Å². The first kappa shape index (κ1) is 29.3. The Labute approximate surface area is 234 Å².